The minimum atomic E-state index is 0.104. The molecule has 0 amide bonds. The Hall–Kier alpha value is -1.27. The maximum atomic E-state index is 8.79. The molecular weight excluding hydrogens is 334 g/mol. The third-order valence-electron chi connectivity index (χ3n) is 4.00. The van der Waals surface area contributed by atoms with Crippen molar-refractivity contribution in [3.05, 3.63) is 28.2 Å². The Labute approximate surface area is 133 Å². The highest BCUT2D eigenvalue weighted by molar-refractivity contribution is 9.10. The largest absolute Gasteiger partial charge is 0.409 e. The number of oxime groups is 1. The van der Waals surface area contributed by atoms with Gasteiger partial charge in [-0.1, -0.05) is 5.16 Å². The normalized spacial score (nSPS) is 16.8. The predicted octanol–water partition coefficient (Wildman–Crippen LogP) is 2.79. The van der Waals surface area contributed by atoms with E-state index in [9.17, 15) is 0 Å². The van der Waals surface area contributed by atoms with Gasteiger partial charge in [0.1, 0.15) is 0 Å². The number of nitrogens with zero attached hydrogens (tertiary/aromatic N) is 2. The molecular formula is C15H22BrN3O2. The van der Waals surface area contributed by atoms with E-state index in [-0.39, 0.29) is 5.84 Å². The van der Waals surface area contributed by atoms with Crippen molar-refractivity contribution in [1.82, 2.24) is 0 Å². The average Bonchev–Trinajstić information content (AvgIpc) is 3.31. The van der Waals surface area contributed by atoms with Crippen LogP contribution in [0, 0.1) is 5.92 Å². The summed E-state index contributed by atoms with van der Waals surface area (Å²) in [4.78, 5) is 2.36. The maximum absolute atomic E-state index is 8.79. The first-order chi connectivity index (χ1) is 10.1. The Bertz CT molecular complexity index is 518. The number of rotatable bonds is 7. The lowest BCUT2D eigenvalue weighted by Gasteiger charge is -2.31. The topological polar surface area (TPSA) is 71.1 Å². The summed E-state index contributed by atoms with van der Waals surface area (Å²) in [5, 5.41) is 11.8. The van der Waals surface area contributed by atoms with Crippen molar-refractivity contribution in [2.24, 2.45) is 16.8 Å². The molecule has 1 aliphatic carbocycles. The van der Waals surface area contributed by atoms with E-state index in [1.807, 2.05) is 18.2 Å². The molecule has 1 saturated carbocycles. The zero-order chi connectivity index (χ0) is 15.4. The molecule has 0 bridgehead atoms. The molecule has 1 unspecified atom stereocenters. The monoisotopic (exact) mass is 355 g/mol. The highest BCUT2D eigenvalue weighted by Crippen LogP contribution is 2.37. The number of benzene rings is 1. The number of ether oxygens (including phenoxy) is 1. The standard InChI is InChI=1S/C15H22BrN3O2/c1-10(11-3-4-11)19(7-8-21-2)12-5-6-13(14(16)9-12)15(17)18-20/h5-6,9-11,20H,3-4,7-8H2,1-2H3,(H2,17,18). The predicted molar refractivity (Wildman–Crippen MR) is 88.1 cm³/mol. The average molecular weight is 356 g/mol. The SMILES string of the molecule is COCCN(c1ccc(/C(N)=N/O)c(Br)c1)C(C)C1CC1. The summed E-state index contributed by atoms with van der Waals surface area (Å²) in [6.07, 6.45) is 2.60. The molecule has 3 N–H and O–H groups in total. The van der Waals surface area contributed by atoms with Gasteiger partial charge in [0.15, 0.2) is 5.84 Å². The van der Waals surface area contributed by atoms with Crippen molar-refractivity contribution in [1.29, 1.82) is 0 Å². The van der Waals surface area contributed by atoms with Crippen molar-refractivity contribution in [3.63, 3.8) is 0 Å². The Morgan fingerprint density at radius 2 is 2.29 bits per heavy atom. The Kier molecular flexibility index (Phi) is 5.47. The Balaban J connectivity index is 2.24. The third kappa shape index (κ3) is 3.89. The number of amidine groups is 1. The zero-order valence-corrected chi connectivity index (χ0v) is 14.0. The van der Waals surface area contributed by atoms with Crippen molar-refractivity contribution >= 4 is 27.5 Å². The molecule has 0 aliphatic heterocycles. The third-order valence-corrected chi connectivity index (χ3v) is 4.66. The van der Waals surface area contributed by atoms with Crippen molar-refractivity contribution in [3.8, 4) is 0 Å². The van der Waals surface area contributed by atoms with Crippen molar-refractivity contribution in [2.75, 3.05) is 25.2 Å². The fourth-order valence-corrected chi connectivity index (χ4v) is 3.10. The van der Waals surface area contributed by atoms with E-state index in [4.69, 9.17) is 15.7 Å². The minimum Gasteiger partial charge on any atom is -0.409 e. The van der Waals surface area contributed by atoms with Gasteiger partial charge in [-0.05, 0) is 59.8 Å². The van der Waals surface area contributed by atoms with Gasteiger partial charge in [0, 0.05) is 35.4 Å². The molecule has 1 aliphatic rings. The molecule has 1 aromatic rings. The fraction of sp³-hybridized carbons (Fsp3) is 0.533. The molecule has 0 heterocycles. The van der Waals surface area contributed by atoms with E-state index in [0.717, 1.165) is 22.6 Å². The van der Waals surface area contributed by atoms with Gasteiger partial charge in [0.05, 0.1) is 6.61 Å². The smallest absolute Gasteiger partial charge is 0.171 e. The highest BCUT2D eigenvalue weighted by Gasteiger charge is 2.32. The van der Waals surface area contributed by atoms with Gasteiger partial charge in [-0.2, -0.15) is 0 Å². The molecule has 1 fully saturated rings. The van der Waals surface area contributed by atoms with Crippen LogP contribution in [-0.4, -0.2) is 37.3 Å². The van der Waals surface area contributed by atoms with Crippen LogP contribution in [0.5, 0.6) is 0 Å². The number of methoxy groups -OCH3 is 1. The highest BCUT2D eigenvalue weighted by atomic mass is 79.9. The lowest BCUT2D eigenvalue weighted by molar-refractivity contribution is 0.202. The van der Waals surface area contributed by atoms with Gasteiger partial charge in [-0.15, -0.1) is 0 Å². The van der Waals surface area contributed by atoms with Crippen LogP contribution in [0.4, 0.5) is 5.69 Å². The zero-order valence-electron chi connectivity index (χ0n) is 12.4. The van der Waals surface area contributed by atoms with Crippen LogP contribution in [-0.2, 0) is 4.74 Å². The van der Waals surface area contributed by atoms with Crippen LogP contribution >= 0.6 is 15.9 Å². The van der Waals surface area contributed by atoms with E-state index in [1.165, 1.54) is 12.8 Å². The molecule has 0 spiro atoms. The van der Waals surface area contributed by atoms with Crippen LogP contribution in [0.25, 0.3) is 0 Å². The number of hydrogen-bond donors (Lipinski definition) is 2. The maximum Gasteiger partial charge on any atom is 0.171 e. The van der Waals surface area contributed by atoms with Gasteiger partial charge in [0.25, 0.3) is 0 Å². The molecule has 1 aromatic carbocycles. The van der Waals surface area contributed by atoms with E-state index in [1.54, 1.807) is 7.11 Å². The molecule has 0 saturated heterocycles. The summed E-state index contributed by atoms with van der Waals surface area (Å²) in [6.45, 7) is 3.80. The summed E-state index contributed by atoms with van der Waals surface area (Å²) < 4.78 is 6.05. The van der Waals surface area contributed by atoms with Crippen LogP contribution < -0.4 is 10.6 Å². The quantitative estimate of drug-likeness (QED) is 0.341. The lowest BCUT2D eigenvalue weighted by atomic mass is 10.1. The van der Waals surface area contributed by atoms with Gasteiger partial charge >= 0.3 is 0 Å². The summed E-state index contributed by atoms with van der Waals surface area (Å²) in [7, 11) is 1.72. The molecule has 1 atom stereocenters. The fourth-order valence-electron chi connectivity index (χ4n) is 2.53. The molecule has 6 heteroatoms. The molecule has 0 aromatic heterocycles. The van der Waals surface area contributed by atoms with Gasteiger partial charge in [0.2, 0.25) is 0 Å². The van der Waals surface area contributed by atoms with E-state index >= 15 is 0 Å². The Morgan fingerprint density at radius 3 is 2.81 bits per heavy atom. The van der Waals surface area contributed by atoms with Crippen molar-refractivity contribution < 1.29 is 9.94 Å². The van der Waals surface area contributed by atoms with Crippen LogP contribution in [0.1, 0.15) is 25.3 Å². The molecule has 0 radical (unpaired) electrons. The summed E-state index contributed by atoms with van der Waals surface area (Å²) >= 11 is 3.50. The van der Waals surface area contributed by atoms with E-state index in [0.29, 0.717) is 18.2 Å². The lowest BCUT2D eigenvalue weighted by Crippen LogP contribution is -2.37. The first-order valence-electron chi connectivity index (χ1n) is 7.11. The molecule has 2 rings (SSSR count). The van der Waals surface area contributed by atoms with Crippen LogP contribution in [0.15, 0.2) is 27.8 Å². The molecule has 5 nitrogen and oxygen atoms in total. The molecule has 116 valence electrons. The minimum absolute atomic E-state index is 0.104. The number of anilines is 1. The van der Waals surface area contributed by atoms with Gasteiger partial charge < -0.3 is 20.6 Å². The number of halogens is 1. The number of hydrogen-bond acceptors (Lipinski definition) is 4. The number of nitrogens with two attached hydrogens (primary N) is 1. The van der Waals surface area contributed by atoms with Crippen LogP contribution in [0.3, 0.4) is 0 Å². The second kappa shape index (κ2) is 7.13. The summed E-state index contributed by atoms with van der Waals surface area (Å²) in [5.41, 5.74) is 7.46. The van der Waals surface area contributed by atoms with E-state index in [2.05, 4.69) is 32.9 Å². The van der Waals surface area contributed by atoms with Crippen molar-refractivity contribution in [2.45, 2.75) is 25.8 Å². The summed E-state index contributed by atoms with van der Waals surface area (Å²) in [5.74, 6) is 0.872. The second-order valence-corrected chi connectivity index (χ2v) is 6.27. The van der Waals surface area contributed by atoms with Gasteiger partial charge in [-0.3, -0.25) is 0 Å². The van der Waals surface area contributed by atoms with E-state index < -0.39 is 0 Å². The Morgan fingerprint density at radius 1 is 1.57 bits per heavy atom. The second-order valence-electron chi connectivity index (χ2n) is 5.41. The first-order valence-corrected chi connectivity index (χ1v) is 7.90. The first kappa shape index (κ1) is 16.1. The van der Waals surface area contributed by atoms with Crippen LogP contribution in [0.2, 0.25) is 0 Å². The molecule has 21 heavy (non-hydrogen) atoms. The summed E-state index contributed by atoms with van der Waals surface area (Å²) in [6, 6.07) is 6.38. The van der Waals surface area contributed by atoms with Gasteiger partial charge in [-0.25, -0.2) is 0 Å².